The van der Waals surface area contributed by atoms with Crippen LogP contribution in [0.15, 0.2) is 41.6 Å². The molecule has 102 valence electrons. The fraction of sp³-hybridized carbons (Fsp3) is 0.0833. The Morgan fingerprint density at radius 1 is 1.25 bits per heavy atom. The lowest BCUT2D eigenvalue weighted by atomic mass is 10.2. The smallest absolute Gasteiger partial charge is 0.312 e. The van der Waals surface area contributed by atoms with E-state index in [0.29, 0.717) is 0 Å². The van der Waals surface area contributed by atoms with Crippen LogP contribution in [0.4, 0.5) is 13.2 Å². The van der Waals surface area contributed by atoms with Crippen LogP contribution in [-0.2, 0) is 6.18 Å². The number of benzene rings is 1. The number of aromatic nitrogens is 4. The van der Waals surface area contributed by atoms with Crippen LogP contribution in [0.2, 0.25) is 0 Å². The molecule has 2 aromatic heterocycles. The van der Waals surface area contributed by atoms with Crippen LogP contribution in [-0.4, -0.2) is 19.7 Å². The molecule has 0 aliphatic heterocycles. The Kier molecular flexibility index (Phi) is 2.60. The van der Waals surface area contributed by atoms with Gasteiger partial charge in [-0.3, -0.25) is 4.79 Å². The zero-order valence-electron chi connectivity index (χ0n) is 9.85. The van der Waals surface area contributed by atoms with E-state index in [2.05, 4.69) is 15.1 Å². The SMILES string of the molecule is O=c1[nH]cnc2c1cnn2-c1cccc(C(F)(F)F)c1. The van der Waals surface area contributed by atoms with E-state index in [0.717, 1.165) is 12.1 Å². The van der Waals surface area contributed by atoms with Gasteiger partial charge < -0.3 is 4.98 Å². The molecule has 0 bridgehead atoms. The molecule has 0 fully saturated rings. The Morgan fingerprint density at radius 2 is 2.05 bits per heavy atom. The van der Waals surface area contributed by atoms with E-state index in [1.165, 1.54) is 29.3 Å². The van der Waals surface area contributed by atoms with Crippen molar-refractivity contribution in [2.75, 3.05) is 0 Å². The maximum Gasteiger partial charge on any atom is 0.416 e. The molecular weight excluding hydrogens is 273 g/mol. The van der Waals surface area contributed by atoms with Crippen LogP contribution >= 0.6 is 0 Å². The number of hydrogen-bond acceptors (Lipinski definition) is 3. The molecule has 8 heteroatoms. The Labute approximate surface area is 109 Å². The zero-order valence-corrected chi connectivity index (χ0v) is 9.85. The maximum absolute atomic E-state index is 12.7. The summed E-state index contributed by atoms with van der Waals surface area (Å²) in [5.41, 5.74) is -0.794. The van der Waals surface area contributed by atoms with Crippen LogP contribution in [0.25, 0.3) is 16.7 Å². The van der Waals surface area contributed by atoms with Gasteiger partial charge in [-0.2, -0.15) is 18.3 Å². The molecule has 0 spiro atoms. The number of nitrogens with zero attached hydrogens (tertiary/aromatic N) is 3. The number of alkyl halides is 3. The van der Waals surface area contributed by atoms with Crippen molar-refractivity contribution in [1.29, 1.82) is 0 Å². The molecule has 0 saturated heterocycles. The zero-order chi connectivity index (χ0) is 14.3. The molecule has 1 aromatic carbocycles. The largest absolute Gasteiger partial charge is 0.416 e. The first-order valence-corrected chi connectivity index (χ1v) is 5.56. The number of fused-ring (bicyclic) bond motifs is 1. The minimum absolute atomic E-state index is 0.188. The Balaban J connectivity index is 2.22. The van der Waals surface area contributed by atoms with Crippen LogP contribution in [0.3, 0.4) is 0 Å². The molecule has 0 atom stereocenters. The minimum atomic E-state index is -4.44. The molecule has 5 nitrogen and oxygen atoms in total. The fourth-order valence-electron chi connectivity index (χ4n) is 1.86. The van der Waals surface area contributed by atoms with Gasteiger partial charge >= 0.3 is 6.18 Å². The summed E-state index contributed by atoms with van der Waals surface area (Å²) >= 11 is 0. The van der Waals surface area contributed by atoms with Gasteiger partial charge in [-0.25, -0.2) is 9.67 Å². The van der Waals surface area contributed by atoms with Gasteiger partial charge in [0.15, 0.2) is 5.65 Å². The highest BCUT2D eigenvalue weighted by atomic mass is 19.4. The Morgan fingerprint density at radius 3 is 2.80 bits per heavy atom. The second kappa shape index (κ2) is 4.19. The van der Waals surface area contributed by atoms with Crippen LogP contribution in [0, 0.1) is 0 Å². The lowest BCUT2D eigenvalue weighted by Crippen LogP contribution is -2.08. The summed E-state index contributed by atoms with van der Waals surface area (Å²) in [6, 6.07) is 4.66. The molecule has 0 saturated carbocycles. The van der Waals surface area contributed by atoms with E-state index in [4.69, 9.17) is 0 Å². The number of H-pyrrole nitrogens is 1. The number of aromatic amines is 1. The third-order valence-electron chi connectivity index (χ3n) is 2.79. The van der Waals surface area contributed by atoms with E-state index in [-0.39, 0.29) is 16.7 Å². The number of hydrogen-bond donors (Lipinski definition) is 1. The van der Waals surface area contributed by atoms with Crippen molar-refractivity contribution >= 4 is 11.0 Å². The van der Waals surface area contributed by atoms with Crippen LogP contribution in [0.1, 0.15) is 5.56 Å². The minimum Gasteiger partial charge on any atom is -0.312 e. The van der Waals surface area contributed by atoms with Crippen LogP contribution < -0.4 is 5.56 Å². The molecule has 2 heterocycles. The number of halogens is 3. The summed E-state index contributed by atoms with van der Waals surface area (Å²) in [6.45, 7) is 0. The quantitative estimate of drug-likeness (QED) is 0.742. The molecule has 0 amide bonds. The molecule has 0 unspecified atom stereocenters. The van der Waals surface area contributed by atoms with Gasteiger partial charge in [-0.1, -0.05) is 6.07 Å². The second-order valence-corrected chi connectivity index (χ2v) is 4.07. The summed E-state index contributed by atoms with van der Waals surface area (Å²) < 4.78 is 39.3. The Hall–Kier alpha value is -2.64. The summed E-state index contributed by atoms with van der Waals surface area (Å²) in [6.07, 6.45) is -2.00. The van der Waals surface area contributed by atoms with E-state index >= 15 is 0 Å². The van der Waals surface area contributed by atoms with Gasteiger partial charge in [0.05, 0.1) is 23.8 Å². The highest BCUT2D eigenvalue weighted by molar-refractivity contribution is 5.74. The van der Waals surface area contributed by atoms with Gasteiger partial charge in [-0.15, -0.1) is 0 Å². The van der Waals surface area contributed by atoms with Gasteiger partial charge in [0.1, 0.15) is 5.39 Å². The monoisotopic (exact) mass is 280 g/mol. The highest BCUT2D eigenvalue weighted by Gasteiger charge is 2.30. The summed E-state index contributed by atoms with van der Waals surface area (Å²) in [4.78, 5) is 17.8. The van der Waals surface area contributed by atoms with Crippen molar-refractivity contribution in [2.24, 2.45) is 0 Å². The summed E-state index contributed by atoms with van der Waals surface area (Å²) in [5, 5.41) is 4.13. The lowest BCUT2D eigenvalue weighted by Gasteiger charge is -2.08. The number of rotatable bonds is 1. The van der Waals surface area contributed by atoms with Gasteiger partial charge in [0, 0.05) is 0 Å². The molecule has 0 radical (unpaired) electrons. The standard InChI is InChI=1S/C12H7F3N4O/c13-12(14,15)7-2-1-3-8(4-7)19-10-9(5-18-19)11(20)17-6-16-10/h1-6H,(H,16,17,20). The molecular formula is C12H7F3N4O. The van der Waals surface area contributed by atoms with Crippen molar-refractivity contribution in [3.05, 3.63) is 52.7 Å². The van der Waals surface area contributed by atoms with E-state index in [9.17, 15) is 18.0 Å². The Bertz CT molecular complexity index is 834. The second-order valence-electron chi connectivity index (χ2n) is 4.07. The first-order valence-electron chi connectivity index (χ1n) is 5.56. The average Bonchev–Trinajstić information content (AvgIpc) is 2.83. The topological polar surface area (TPSA) is 63.6 Å². The van der Waals surface area contributed by atoms with Crippen molar-refractivity contribution in [3.8, 4) is 5.69 Å². The lowest BCUT2D eigenvalue weighted by molar-refractivity contribution is -0.137. The molecule has 0 aliphatic rings. The highest BCUT2D eigenvalue weighted by Crippen LogP contribution is 2.30. The normalized spacial score (nSPS) is 11.9. The fourth-order valence-corrected chi connectivity index (χ4v) is 1.86. The first kappa shape index (κ1) is 12.4. The predicted octanol–water partition coefficient (Wildman–Crippen LogP) is 2.13. The summed E-state index contributed by atoms with van der Waals surface area (Å²) in [5.74, 6) is 0. The first-order chi connectivity index (χ1) is 9.47. The van der Waals surface area contributed by atoms with Gasteiger partial charge in [0.2, 0.25) is 0 Å². The van der Waals surface area contributed by atoms with Crippen LogP contribution in [0.5, 0.6) is 0 Å². The van der Waals surface area contributed by atoms with Crippen molar-refractivity contribution in [1.82, 2.24) is 19.7 Å². The maximum atomic E-state index is 12.7. The van der Waals surface area contributed by atoms with E-state index in [1.54, 1.807) is 0 Å². The van der Waals surface area contributed by atoms with E-state index < -0.39 is 17.3 Å². The van der Waals surface area contributed by atoms with E-state index in [1.807, 2.05) is 0 Å². The third-order valence-corrected chi connectivity index (χ3v) is 2.79. The molecule has 1 N–H and O–H groups in total. The van der Waals surface area contributed by atoms with Gasteiger partial charge in [0.25, 0.3) is 5.56 Å². The van der Waals surface area contributed by atoms with Crippen molar-refractivity contribution in [2.45, 2.75) is 6.18 Å². The average molecular weight is 280 g/mol. The summed E-state index contributed by atoms with van der Waals surface area (Å²) in [7, 11) is 0. The molecule has 3 rings (SSSR count). The molecule has 20 heavy (non-hydrogen) atoms. The molecule has 3 aromatic rings. The van der Waals surface area contributed by atoms with Crippen molar-refractivity contribution in [3.63, 3.8) is 0 Å². The molecule has 0 aliphatic carbocycles. The predicted molar refractivity (Wildman–Crippen MR) is 64.5 cm³/mol. The third kappa shape index (κ3) is 1.94. The van der Waals surface area contributed by atoms with Gasteiger partial charge in [-0.05, 0) is 18.2 Å². The number of nitrogens with one attached hydrogen (secondary N) is 1. The van der Waals surface area contributed by atoms with Crippen molar-refractivity contribution < 1.29 is 13.2 Å².